The van der Waals surface area contributed by atoms with Gasteiger partial charge in [0.05, 0.1) is 4.90 Å². The zero-order valence-electron chi connectivity index (χ0n) is 5.70. The van der Waals surface area contributed by atoms with Gasteiger partial charge in [-0.15, -0.1) is 3.89 Å². The lowest BCUT2D eigenvalue weighted by Crippen LogP contribution is -1.90. The van der Waals surface area contributed by atoms with E-state index >= 15 is 0 Å². The third-order valence-electron chi connectivity index (χ3n) is 1.19. The van der Waals surface area contributed by atoms with Gasteiger partial charge >= 0.3 is 10.2 Å². The number of halogens is 2. The molecule has 1 rings (SSSR count). The molecule has 0 radical (unpaired) electrons. The SMILES string of the molecule is O=S(=O)(F)c1ccc(OCl)cc1. The predicted molar refractivity (Wildman–Crippen MR) is 41.2 cm³/mol. The first-order chi connectivity index (χ1) is 5.54. The van der Waals surface area contributed by atoms with Crippen molar-refractivity contribution in [1.29, 1.82) is 0 Å². The minimum Gasteiger partial charge on any atom is -0.386 e. The molecule has 1 aromatic rings. The van der Waals surface area contributed by atoms with E-state index in [0.717, 1.165) is 12.1 Å². The lowest BCUT2D eigenvalue weighted by molar-refractivity contribution is 0.551. The van der Waals surface area contributed by atoms with Gasteiger partial charge in [-0.1, -0.05) is 0 Å². The average molecular weight is 211 g/mol. The van der Waals surface area contributed by atoms with Gasteiger partial charge in [0.15, 0.2) is 0 Å². The van der Waals surface area contributed by atoms with E-state index in [1.807, 2.05) is 0 Å². The monoisotopic (exact) mass is 210 g/mol. The molecule has 0 aliphatic heterocycles. The molecule has 0 saturated carbocycles. The molecule has 12 heavy (non-hydrogen) atoms. The quantitative estimate of drug-likeness (QED) is 0.700. The van der Waals surface area contributed by atoms with Crippen LogP contribution in [0.25, 0.3) is 0 Å². The zero-order chi connectivity index (χ0) is 9.19. The van der Waals surface area contributed by atoms with Gasteiger partial charge in [-0.3, -0.25) is 0 Å². The molecule has 0 atom stereocenters. The van der Waals surface area contributed by atoms with E-state index < -0.39 is 15.1 Å². The maximum atomic E-state index is 12.3. The molecular formula is C6H4ClFO3S. The molecule has 0 amide bonds. The third kappa shape index (κ3) is 2.09. The van der Waals surface area contributed by atoms with E-state index in [2.05, 4.69) is 4.29 Å². The van der Waals surface area contributed by atoms with Crippen LogP contribution in [0.4, 0.5) is 3.89 Å². The highest BCUT2D eigenvalue weighted by atomic mass is 35.5. The minimum absolute atomic E-state index is 0.254. The van der Waals surface area contributed by atoms with Gasteiger partial charge in [0, 0.05) is 0 Å². The summed E-state index contributed by atoms with van der Waals surface area (Å²) in [6.07, 6.45) is 0. The Kier molecular flexibility index (Phi) is 2.54. The molecule has 0 heterocycles. The molecule has 1 aromatic carbocycles. The van der Waals surface area contributed by atoms with Crippen LogP contribution >= 0.6 is 11.9 Å². The lowest BCUT2D eigenvalue weighted by atomic mass is 10.3. The Hall–Kier alpha value is -0.810. The summed E-state index contributed by atoms with van der Waals surface area (Å²) in [5, 5.41) is 0. The second kappa shape index (κ2) is 3.28. The van der Waals surface area contributed by atoms with E-state index in [0.29, 0.717) is 0 Å². The van der Waals surface area contributed by atoms with Gasteiger partial charge in [-0.2, -0.15) is 8.42 Å². The highest BCUT2D eigenvalue weighted by molar-refractivity contribution is 7.86. The molecule has 3 nitrogen and oxygen atoms in total. The Bertz CT molecular complexity index is 359. The summed E-state index contributed by atoms with van der Waals surface area (Å²) in [4.78, 5) is -0.417. The number of benzene rings is 1. The van der Waals surface area contributed by atoms with Crippen LogP contribution in [0.5, 0.6) is 5.75 Å². The Morgan fingerprint density at radius 3 is 2.08 bits per heavy atom. The summed E-state index contributed by atoms with van der Waals surface area (Å²) in [5.74, 6) is 0.254. The first-order valence-corrected chi connectivity index (χ1v) is 4.56. The molecule has 0 N–H and O–H groups in total. The van der Waals surface area contributed by atoms with E-state index in [1.54, 1.807) is 0 Å². The van der Waals surface area contributed by atoms with Crippen LogP contribution in [0.3, 0.4) is 0 Å². The Morgan fingerprint density at radius 2 is 1.75 bits per heavy atom. The van der Waals surface area contributed by atoms with Crippen LogP contribution in [0, 0.1) is 0 Å². The van der Waals surface area contributed by atoms with E-state index in [4.69, 9.17) is 11.9 Å². The van der Waals surface area contributed by atoms with E-state index in [1.165, 1.54) is 12.1 Å². The number of hydrogen-bond donors (Lipinski definition) is 0. The van der Waals surface area contributed by atoms with Crippen molar-refractivity contribution in [3.8, 4) is 5.75 Å². The maximum absolute atomic E-state index is 12.3. The van der Waals surface area contributed by atoms with Gasteiger partial charge in [0.1, 0.15) is 17.6 Å². The molecule has 0 unspecified atom stereocenters. The van der Waals surface area contributed by atoms with Crippen molar-refractivity contribution in [2.45, 2.75) is 4.90 Å². The number of hydrogen-bond acceptors (Lipinski definition) is 3. The molecular weight excluding hydrogens is 207 g/mol. The Balaban J connectivity index is 3.09. The number of rotatable bonds is 2. The molecule has 0 aliphatic rings. The average Bonchev–Trinajstić information content (AvgIpc) is 2.03. The predicted octanol–water partition coefficient (Wildman–Crippen LogP) is 1.88. The van der Waals surface area contributed by atoms with Crippen molar-refractivity contribution in [3.63, 3.8) is 0 Å². The molecule has 0 aliphatic carbocycles. The Labute approximate surface area is 74.1 Å². The molecule has 0 bridgehead atoms. The molecule has 6 heteroatoms. The lowest BCUT2D eigenvalue weighted by Gasteiger charge is -1.95. The van der Waals surface area contributed by atoms with Crippen LogP contribution < -0.4 is 4.29 Å². The van der Waals surface area contributed by atoms with Crippen LogP contribution in [0.15, 0.2) is 29.2 Å². The van der Waals surface area contributed by atoms with Gasteiger partial charge < -0.3 is 4.29 Å². The molecule has 0 saturated heterocycles. The van der Waals surface area contributed by atoms with Crippen LogP contribution in [-0.2, 0) is 10.2 Å². The van der Waals surface area contributed by atoms with Gasteiger partial charge in [-0.25, -0.2) is 0 Å². The standard InChI is InChI=1S/C6H4ClFO3S/c7-11-5-1-3-6(4-2-5)12(8,9)10/h1-4H. The minimum atomic E-state index is -4.63. The molecule has 0 aromatic heterocycles. The first-order valence-electron chi connectivity index (χ1n) is 2.87. The topological polar surface area (TPSA) is 43.4 Å². The van der Waals surface area contributed by atoms with E-state index in [9.17, 15) is 12.3 Å². The van der Waals surface area contributed by atoms with Crippen molar-refractivity contribution in [3.05, 3.63) is 24.3 Å². The third-order valence-corrected chi connectivity index (χ3v) is 2.21. The molecule has 0 spiro atoms. The second-order valence-corrected chi connectivity index (χ2v) is 3.49. The zero-order valence-corrected chi connectivity index (χ0v) is 7.27. The summed E-state index contributed by atoms with van der Waals surface area (Å²) in [6, 6.07) is 4.62. The summed E-state index contributed by atoms with van der Waals surface area (Å²) < 4.78 is 37.1. The van der Waals surface area contributed by atoms with Crippen LogP contribution in [0.1, 0.15) is 0 Å². The summed E-state index contributed by atoms with van der Waals surface area (Å²) >= 11 is 4.95. The first kappa shape index (κ1) is 9.28. The van der Waals surface area contributed by atoms with Gasteiger partial charge in [-0.05, 0) is 24.3 Å². The second-order valence-electron chi connectivity index (χ2n) is 1.99. The molecule has 66 valence electrons. The van der Waals surface area contributed by atoms with Crippen molar-refractivity contribution >= 4 is 22.1 Å². The van der Waals surface area contributed by atoms with Crippen molar-refractivity contribution < 1.29 is 16.6 Å². The Morgan fingerprint density at radius 1 is 1.25 bits per heavy atom. The summed E-state index contributed by atoms with van der Waals surface area (Å²) in [7, 11) is -4.63. The normalized spacial score (nSPS) is 11.2. The van der Waals surface area contributed by atoms with Gasteiger partial charge in [0.2, 0.25) is 0 Å². The fraction of sp³-hybridized carbons (Fsp3) is 0. The largest absolute Gasteiger partial charge is 0.386 e. The fourth-order valence-corrected chi connectivity index (χ4v) is 1.22. The van der Waals surface area contributed by atoms with Gasteiger partial charge in [0.25, 0.3) is 0 Å². The smallest absolute Gasteiger partial charge is 0.332 e. The summed E-state index contributed by atoms with van der Waals surface area (Å²) in [5.41, 5.74) is 0. The molecule has 0 fully saturated rings. The van der Waals surface area contributed by atoms with Crippen LogP contribution in [0.2, 0.25) is 0 Å². The van der Waals surface area contributed by atoms with Crippen LogP contribution in [-0.4, -0.2) is 8.42 Å². The highest BCUT2D eigenvalue weighted by Gasteiger charge is 2.10. The van der Waals surface area contributed by atoms with Crippen molar-refractivity contribution in [2.75, 3.05) is 0 Å². The fourth-order valence-electron chi connectivity index (χ4n) is 0.654. The van der Waals surface area contributed by atoms with E-state index in [-0.39, 0.29) is 5.75 Å². The maximum Gasteiger partial charge on any atom is 0.332 e. The van der Waals surface area contributed by atoms with Crippen molar-refractivity contribution in [2.24, 2.45) is 0 Å². The highest BCUT2D eigenvalue weighted by Crippen LogP contribution is 2.17. The summed E-state index contributed by atoms with van der Waals surface area (Å²) in [6.45, 7) is 0. The van der Waals surface area contributed by atoms with Crippen molar-refractivity contribution in [1.82, 2.24) is 0 Å².